The number of aldehydes is 1. The number of alkyl halides is 2. The molecule has 0 aromatic heterocycles. The van der Waals surface area contributed by atoms with E-state index < -0.39 is 11.5 Å². The Bertz CT molecular complexity index is 1630. The van der Waals surface area contributed by atoms with Gasteiger partial charge in [0.1, 0.15) is 11.6 Å². The van der Waals surface area contributed by atoms with Gasteiger partial charge in [-0.15, -0.1) is 0 Å². The summed E-state index contributed by atoms with van der Waals surface area (Å²) in [6.07, 6.45) is 3.15. The van der Waals surface area contributed by atoms with Gasteiger partial charge in [-0.1, -0.05) is 47.6 Å². The first-order valence-electron chi connectivity index (χ1n) is 15.4. The van der Waals surface area contributed by atoms with Crippen LogP contribution in [0.3, 0.4) is 0 Å². The maximum atomic E-state index is 14.0. The van der Waals surface area contributed by atoms with Gasteiger partial charge in [0.2, 0.25) is 0 Å². The fourth-order valence-electron chi connectivity index (χ4n) is 4.87. The third kappa shape index (κ3) is 10.4. The van der Waals surface area contributed by atoms with Crippen LogP contribution in [0.15, 0.2) is 81.9 Å². The van der Waals surface area contributed by atoms with Crippen molar-refractivity contribution in [1.29, 1.82) is 0 Å². The molecule has 1 aliphatic rings. The lowest BCUT2D eigenvalue weighted by atomic mass is 10.0. The number of benzene rings is 3. The first kappa shape index (κ1) is 35.1. The second-order valence-corrected chi connectivity index (χ2v) is 12.3. The lowest BCUT2D eigenvalue weighted by Crippen LogP contribution is -2.29. The van der Waals surface area contributed by atoms with Gasteiger partial charge in [0.25, 0.3) is 17.7 Å². The molecule has 4 rings (SSSR count). The monoisotopic (exact) mass is 645 g/mol. The molecule has 0 saturated heterocycles. The number of hydrogen-bond acceptors (Lipinski definition) is 7. The van der Waals surface area contributed by atoms with E-state index in [1.165, 1.54) is 12.1 Å². The normalized spacial score (nSPS) is 14.2. The molecule has 1 amide bonds. The maximum absolute atomic E-state index is 14.0. The van der Waals surface area contributed by atoms with Gasteiger partial charge in [-0.25, -0.2) is 13.8 Å². The van der Waals surface area contributed by atoms with Crippen LogP contribution in [0.1, 0.15) is 67.0 Å². The highest BCUT2D eigenvalue weighted by Crippen LogP contribution is 2.31. The van der Waals surface area contributed by atoms with Crippen molar-refractivity contribution in [2.24, 2.45) is 26.8 Å². The highest BCUT2D eigenvalue weighted by atomic mass is 19.3. The molecule has 11 heteroatoms. The molecule has 248 valence electrons. The van der Waals surface area contributed by atoms with Crippen molar-refractivity contribution in [2.45, 2.75) is 65.0 Å². The van der Waals surface area contributed by atoms with Gasteiger partial charge in [-0.3, -0.25) is 14.5 Å². The Morgan fingerprint density at radius 2 is 1.66 bits per heavy atom. The highest BCUT2D eigenvalue weighted by molar-refractivity contribution is 6.04. The number of rotatable bonds is 15. The van der Waals surface area contributed by atoms with Gasteiger partial charge in [-0.05, 0) is 81.0 Å². The first-order valence-corrected chi connectivity index (χ1v) is 15.4. The van der Waals surface area contributed by atoms with E-state index >= 15 is 0 Å². The summed E-state index contributed by atoms with van der Waals surface area (Å²) in [7, 11) is 0. The Balaban J connectivity index is 1.53. The SMILES string of the molecule is C=NO/C(=N\CN(CCc1ccc(OC(C)(C)C=O)cc1)Cc1ccc(C(N)=NC(=O)C2CC2)cc1)c1ccc(C(C)(F)F)c(C)c1. The predicted molar refractivity (Wildman–Crippen MR) is 179 cm³/mol. The van der Waals surface area contributed by atoms with Crippen molar-refractivity contribution in [3.05, 3.63) is 100 Å². The van der Waals surface area contributed by atoms with Crippen LogP contribution < -0.4 is 10.5 Å². The van der Waals surface area contributed by atoms with E-state index in [-0.39, 0.29) is 35.8 Å². The topological polar surface area (TPSA) is 119 Å². The van der Waals surface area contributed by atoms with Crippen LogP contribution in [0.2, 0.25) is 0 Å². The quantitative estimate of drug-likeness (QED) is 0.0912. The zero-order valence-corrected chi connectivity index (χ0v) is 27.2. The summed E-state index contributed by atoms with van der Waals surface area (Å²) in [5, 5.41) is 3.54. The number of halogens is 2. The number of aryl methyl sites for hydroxylation is 1. The van der Waals surface area contributed by atoms with Gasteiger partial charge in [0.05, 0.1) is 6.67 Å². The van der Waals surface area contributed by atoms with E-state index in [4.69, 9.17) is 15.3 Å². The van der Waals surface area contributed by atoms with Crippen LogP contribution in [0.5, 0.6) is 5.75 Å². The summed E-state index contributed by atoms with van der Waals surface area (Å²) in [6, 6.07) is 19.5. The summed E-state index contributed by atoms with van der Waals surface area (Å²) in [5.41, 5.74) is 8.67. The van der Waals surface area contributed by atoms with Crippen LogP contribution in [-0.2, 0) is 33.3 Å². The average molecular weight is 646 g/mol. The van der Waals surface area contributed by atoms with E-state index in [0.29, 0.717) is 42.0 Å². The Hall–Kier alpha value is -4.77. The van der Waals surface area contributed by atoms with Gasteiger partial charge in [-0.2, -0.15) is 4.99 Å². The number of carbonyl (C=O) groups excluding carboxylic acids is 2. The van der Waals surface area contributed by atoms with Crippen molar-refractivity contribution in [2.75, 3.05) is 13.2 Å². The molecule has 1 saturated carbocycles. The third-order valence-electron chi connectivity index (χ3n) is 7.63. The minimum absolute atomic E-state index is 0.00606. The Morgan fingerprint density at radius 3 is 2.23 bits per heavy atom. The number of oxime groups is 1. The number of amidine groups is 1. The Labute approximate surface area is 274 Å². The summed E-state index contributed by atoms with van der Waals surface area (Å²) >= 11 is 0. The van der Waals surface area contributed by atoms with E-state index in [0.717, 1.165) is 37.2 Å². The number of ether oxygens (including phenoxy) is 1. The minimum Gasteiger partial charge on any atom is -0.480 e. The molecular formula is C36H41F2N5O4. The number of nitrogens with two attached hydrogens (primary N) is 1. The van der Waals surface area contributed by atoms with Crippen molar-refractivity contribution >= 4 is 30.6 Å². The van der Waals surface area contributed by atoms with E-state index in [2.05, 4.69) is 26.8 Å². The van der Waals surface area contributed by atoms with Crippen LogP contribution in [0, 0.1) is 12.8 Å². The summed E-state index contributed by atoms with van der Waals surface area (Å²) in [6.45, 7) is 10.6. The largest absolute Gasteiger partial charge is 0.480 e. The van der Waals surface area contributed by atoms with Gasteiger partial charge in [0.15, 0.2) is 11.9 Å². The third-order valence-corrected chi connectivity index (χ3v) is 7.63. The molecule has 9 nitrogen and oxygen atoms in total. The molecular weight excluding hydrogens is 604 g/mol. The molecule has 0 bridgehead atoms. The molecule has 3 aromatic carbocycles. The van der Waals surface area contributed by atoms with Crippen molar-refractivity contribution in [3.8, 4) is 5.75 Å². The van der Waals surface area contributed by atoms with Gasteiger partial charge < -0.3 is 15.3 Å². The van der Waals surface area contributed by atoms with E-state index in [1.807, 2.05) is 48.5 Å². The maximum Gasteiger partial charge on any atom is 0.270 e. The predicted octanol–water partition coefficient (Wildman–Crippen LogP) is 6.19. The zero-order chi connectivity index (χ0) is 34.2. The van der Waals surface area contributed by atoms with Gasteiger partial charge >= 0.3 is 0 Å². The fourth-order valence-corrected chi connectivity index (χ4v) is 4.87. The molecule has 0 aliphatic heterocycles. The molecule has 0 atom stereocenters. The van der Waals surface area contributed by atoms with Crippen molar-refractivity contribution in [3.63, 3.8) is 0 Å². The highest BCUT2D eigenvalue weighted by Gasteiger charge is 2.29. The lowest BCUT2D eigenvalue weighted by Gasteiger charge is -2.22. The Kier molecular flexibility index (Phi) is 11.4. The molecule has 0 heterocycles. The van der Waals surface area contributed by atoms with Crippen LogP contribution in [-0.4, -0.2) is 54.4 Å². The summed E-state index contributed by atoms with van der Waals surface area (Å²) in [4.78, 5) is 39.5. The number of amides is 1. The van der Waals surface area contributed by atoms with Crippen molar-refractivity contribution < 1.29 is 27.9 Å². The molecule has 1 aliphatic carbocycles. The number of aliphatic imine (C=N–C) groups is 2. The van der Waals surface area contributed by atoms with Crippen molar-refractivity contribution in [1.82, 2.24) is 4.90 Å². The second-order valence-electron chi connectivity index (χ2n) is 12.3. The molecule has 47 heavy (non-hydrogen) atoms. The van der Waals surface area contributed by atoms with Crippen LogP contribution in [0.4, 0.5) is 8.78 Å². The molecule has 0 spiro atoms. The second kappa shape index (κ2) is 15.2. The molecule has 0 radical (unpaired) electrons. The average Bonchev–Trinajstić information content (AvgIpc) is 3.88. The summed E-state index contributed by atoms with van der Waals surface area (Å²) in [5.74, 6) is -2.23. The smallest absolute Gasteiger partial charge is 0.270 e. The first-order chi connectivity index (χ1) is 22.3. The Morgan fingerprint density at radius 1 is 1.02 bits per heavy atom. The number of nitrogens with zero attached hydrogens (tertiary/aromatic N) is 4. The van der Waals surface area contributed by atoms with E-state index in [9.17, 15) is 18.4 Å². The molecule has 1 fully saturated rings. The zero-order valence-electron chi connectivity index (χ0n) is 27.2. The molecule has 3 aromatic rings. The lowest BCUT2D eigenvalue weighted by molar-refractivity contribution is -0.119. The molecule has 0 unspecified atom stereocenters. The number of hydrogen-bond donors (Lipinski definition) is 1. The fraction of sp³-hybridized carbons (Fsp3) is 0.361. The molecule has 2 N–H and O–H groups in total. The minimum atomic E-state index is -2.98. The van der Waals surface area contributed by atoms with Crippen LogP contribution in [0.25, 0.3) is 0 Å². The summed E-state index contributed by atoms with van der Waals surface area (Å²) < 4.78 is 33.7. The van der Waals surface area contributed by atoms with Crippen LogP contribution >= 0.6 is 0 Å². The standard InChI is InChI=1S/C36H41F2N5O4/c1-24-20-29(14-17-31(24)36(4,37)38)34(47-40-5)41-23-43(19-18-25-8-15-30(16-9-25)46-35(2,3)22-44)21-26-6-10-27(11-7-26)32(39)42-33(45)28-12-13-28/h6-11,14-17,20,22,28H,5,12-13,18-19,21,23H2,1-4H3,(H2,39,42,45)/b41-34-. The number of carbonyl (C=O) groups is 2. The van der Waals surface area contributed by atoms with Gasteiger partial charge in [0, 0.05) is 49.3 Å². The van der Waals surface area contributed by atoms with E-state index in [1.54, 1.807) is 26.8 Å².